The number of benzene rings is 1. The molecule has 0 saturated carbocycles. The lowest BCUT2D eigenvalue weighted by molar-refractivity contribution is 0.218. The first-order valence-electron chi connectivity index (χ1n) is 5.79. The molecule has 0 saturated heterocycles. The van der Waals surface area contributed by atoms with Gasteiger partial charge in [0.05, 0.1) is 5.02 Å². The maximum atomic E-state index is 6.13. The number of nitrogens with two attached hydrogens (primary N) is 1. The quantitative estimate of drug-likeness (QED) is 0.916. The van der Waals surface area contributed by atoms with Crippen molar-refractivity contribution in [3.05, 3.63) is 50.7 Å². The highest BCUT2D eigenvalue weighted by Gasteiger charge is 2.15. The predicted octanol–water partition coefficient (Wildman–Crippen LogP) is 4.10. The van der Waals surface area contributed by atoms with Crippen LogP contribution in [-0.2, 0) is 0 Å². The summed E-state index contributed by atoms with van der Waals surface area (Å²) in [6.07, 6.45) is -0.136. The molecule has 1 aromatic heterocycles. The molecule has 2 aromatic rings. The van der Waals surface area contributed by atoms with Crippen molar-refractivity contribution in [1.29, 1.82) is 0 Å². The van der Waals surface area contributed by atoms with Crippen molar-refractivity contribution in [2.45, 2.75) is 20.0 Å². The Morgan fingerprint density at radius 3 is 2.67 bits per heavy atom. The molecule has 4 heteroatoms. The van der Waals surface area contributed by atoms with Gasteiger partial charge >= 0.3 is 0 Å². The van der Waals surface area contributed by atoms with Gasteiger partial charge in [-0.2, -0.15) is 0 Å². The van der Waals surface area contributed by atoms with Crippen molar-refractivity contribution in [2.75, 3.05) is 6.54 Å². The average molecular weight is 282 g/mol. The molecule has 0 spiro atoms. The largest absolute Gasteiger partial charge is 0.482 e. The SMILES string of the molecule is Cc1ccc(Cl)c(OC(CN)c2ccc(C)s2)c1. The zero-order valence-electron chi connectivity index (χ0n) is 10.4. The molecular formula is C14H16ClNOS. The fourth-order valence-electron chi connectivity index (χ4n) is 1.70. The maximum Gasteiger partial charge on any atom is 0.145 e. The second kappa shape index (κ2) is 5.74. The van der Waals surface area contributed by atoms with E-state index in [0.29, 0.717) is 17.3 Å². The first-order valence-corrected chi connectivity index (χ1v) is 6.99. The van der Waals surface area contributed by atoms with Crippen LogP contribution in [0, 0.1) is 13.8 Å². The van der Waals surface area contributed by atoms with Crippen LogP contribution in [0.4, 0.5) is 0 Å². The van der Waals surface area contributed by atoms with E-state index in [0.717, 1.165) is 10.4 Å². The number of rotatable bonds is 4. The molecule has 2 nitrogen and oxygen atoms in total. The highest BCUT2D eigenvalue weighted by atomic mass is 35.5. The third-order valence-corrected chi connectivity index (χ3v) is 4.05. The number of halogens is 1. The summed E-state index contributed by atoms with van der Waals surface area (Å²) < 4.78 is 5.93. The zero-order valence-corrected chi connectivity index (χ0v) is 12.0. The number of ether oxygens (including phenoxy) is 1. The molecule has 1 heterocycles. The van der Waals surface area contributed by atoms with Crippen molar-refractivity contribution in [3.63, 3.8) is 0 Å². The summed E-state index contributed by atoms with van der Waals surface area (Å²) in [5, 5.41) is 0.618. The lowest BCUT2D eigenvalue weighted by Crippen LogP contribution is -2.17. The third kappa shape index (κ3) is 3.05. The molecular weight excluding hydrogens is 266 g/mol. The van der Waals surface area contributed by atoms with Gasteiger partial charge in [0.15, 0.2) is 0 Å². The van der Waals surface area contributed by atoms with Crippen LogP contribution >= 0.6 is 22.9 Å². The Morgan fingerprint density at radius 2 is 2.06 bits per heavy atom. The van der Waals surface area contributed by atoms with E-state index in [9.17, 15) is 0 Å². The molecule has 1 aromatic carbocycles. The van der Waals surface area contributed by atoms with Gasteiger partial charge in [0, 0.05) is 16.3 Å². The molecule has 1 unspecified atom stereocenters. The Balaban J connectivity index is 2.22. The van der Waals surface area contributed by atoms with Gasteiger partial charge in [0.2, 0.25) is 0 Å². The van der Waals surface area contributed by atoms with Crippen LogP contribution in [0.2, 0.25) is 5.02 Å². The highest BCUT2D eigenvalue weighted by Crippen LogP contribution is 2.31. The second-order valence-corrected chi connectivity index (χ2v) is 5.95. The Labute approximate surface area is 116 Å². The van der Waals surface area contributed by atoms with Gasteiger partial charge in [-0.25, -0.2) is 0 Å². The van der Waals surface area contributed by atoms with Gasteiger partial charge < -0.3 is 10.5 Å². The standard InChI is InChI=1S/C14H16ClNOS/c1-9-3-5-11(15)12(7-9)17-13(8-16)14-6-4-10(2)18-14/h3-7,13H,8,16H2,1-2H3. The van der Waals surface area contributed by atoms with Crippen molar-refractivity contribution < 1.29 is 4.74 Å². The van der Waals surface area contributed by atoms with Crippen molar-refractivity contribution in [1.82, 2.24) is 0 Å². The Kier molecular flexibility index (Phi) is 4.27. The monoisotopic (exact) mass is 281 g/mol. The first kappa shape index (κ1) is 13.4. The predicted molar refractivity (Wildman–Crippen MR) is 77.7 cm³/mol. The summed E-state index contributed by atoms with van der Waals surface area (Å²) in [4.78, 5) is 2.38. The molecule has 2 rings (SSSR count). The van der Waals surface area contributed by atoms with Crippen LogP contribution in [0.15, 0.2) is 30.3 Å². The summed E-state index contributed by atoms with van der Waals surface area (Å²) in [5.74, 6) is 0.693. The Hall–Kier alpha value is -1.03. The molecule has 96 valence electrons. The lowest BCUT2D eigenvalue weighted by Gasteiger charge is -2.17. The van der Waals surface area contributed by atoms with E-state index < -0.39 is 0 Å². The summed E-state index contributed by atoms with van der Waals surface area (Å²) in [6.45, 7) is 4.52. The number of hydrogen-bond acceptors (Lipinski definition) is 3. The normalized spacial score (nSPS) is 12.4. The minimum atomic E-state index is -0.136. The third-order valence-electron chi connectivity index (χ3n) is 2.65. The average Bonchev–Trinajstić information content (AvgIpc) is 2.77. The van der Waals surface area contributed by atoms with Gasteiger partial charge in [-0.15, -0.1) is 11.3 Å². The zero-order chi connectivity index (χ0) is 13.1. The van der Waals surface area contributed by atoms with E-state index in [1.807, 2.05) is 25.1 Å². The minimum Gasteiger partial charge on any atom is -0.482 e. The fraction of sp³-hybridized carbons (Fsp3) is 0.286. The molecule has 0 amide bonds. The van der Waals surface area contributed by atoms with E-state index in [-0.39, 0.29) is 6.10 Å². The van der Waals surface area contributed by atoms with E-state index in [2.05, 4.69) is 19.1 Å². The van der Waals surface area contributed by atoms with Gasteiger partial charge in [0.25, 0.3) is 0 Å². The van der Waals surface area contributed by atoms with Gasteiger partial charge in [-0.05, 0) is 43.7 Å². The Bertz CT molecular complexity index is 538. The summed E-state index contributed by atoms with van der Waals surface area (Å²) >= 11 is 7.83. The minimum absolute atomic E-state index is 0.136. The van der Waals surface area contributed by atoms with Gasteiger partial charge in [0.1, 0.15) is 11.9 Å². The van der Waals surface area contributed by atoms with Crippen molar-refractivity contribution >= 4 is 22.9 Å². The molecule has 18 heavy (non-hydrogen) atoms. The van der Waals surface area contributed by atoms with Crippen LogP contribution in [-0.4, -0.2) is 6.54 Å². The van der Waals surface area contributed by atoms with E-state index in [4.69, 9.17) is 22.1 Å². The maximum absolute atomic E-state index is 6.13. The van der Waals surface area contributed by atoms with Gasteiger partial charge in [-0.3, -0.25) is 0 Å². The Morgan fingerprint density at radius 1 is 1.28 bits per heavy atom. The smallest absolute Gasteiger partial charge is 0.145 e. The molecule has 0 fully saturated rings. The fourth-order valence-corrected chi connectivity index (χ4v) is 2.78. The number of hydrogen-bond donors (Lipinski definition) is 1. The van der Waals surface area contributed by atoms with Crippen LogP contribution in [0.5, 0.6) is 5.75 Å². The number of thiophene rings is 1. The highest BCUT2D eigenvalue weighted by molar-refractivity contribution is 7.12. The van der Waals surface area contributed by atoms with E-state index in [1.54, 1.807) is 11.3 Å². The van der Waals surface area contributed by atoms with Crippen LogP contribution < -0.4 is 10.5 Å². The number of aryl methyl sites for hydroxylation is 2. The summed E-state index contributed by atoms with van der Waals surface area (Å²) in [5.41, 5.74) is 6.91. The molecule has 0 radical (unpaired) electrons. The molecule has 0 aliphatic carbocycles. The van der Waals surface area contributed by atoms with Crippen molar-refractivity contribution in [3.8, 4) is 5.75 Å². The summed E-state index contributed by atoms with van der Waals surface area (Å²) in [6, 6.07) is 9.87. The summed E-state index contributed by atoms with van der Waals surface area (Å²) in [7, 11) is 0. The van der Waals surface area contributed by atoms with Crippen LogP contribution in [0.3, 0.4) is 0 Å². The second-order valence-electron chi connectivity index (χ2n) is 4.22. The van der Waals surface area contributed by atoms with Crippen LogP contribution in [0.25, 0.3) is 0 Å². The molecule has 0 aliphatic rings. The molecule has 2 N–H and O–H groups in total. The molecule has 0 bridgehead atoms. The van der Waals surface area contributed by atoms with E-state index in [1.165, 1.54) is 4.88 Å². The molecule has 0 aliphatic heterocycles. The first-order chi connectivity index (χ1) is 8.60. The topological polar surface area (TPSA) is 35.2 Å². The lowest BCUT2D eigenvalue weighted by atomic mass is 10.2. The van der Waals surface area contributed by atoms with Crippen molar-refractivity contribution in [2.24, 2.45) is 5.73 Å². The van der Waals surface area contributed by atoms with Gasteiger partial charge in [-0.1, -0.05) is 17.7 Å². The van der Waals surface area contributed by atoms with Crippen LogP contribution in [0.1, 0.15) is 21.4 Å². The molecule has 1 atom stereocenters. The van der Waals surface area contributed by atoms with E-state index >= 15 is 0 Å².